The van der Waals surface area contributed by atoms with Gasteiger partial charge in [0.1, 0.15) is 11.5 Å². The van der Waals surface area contributed by atoms with E-state index in [2.05, 4.69) is 17.0 Å². The van der Waals surface area contributed by atoms with Crippen LogP contribution in [0.15, 0.2) is 48.0 Å². The van der Waals surface area contributed by atoms with Gasteiger partial charge in [-0.15, -0.1) is 0 Å². The van der Waals surface area contributed by atoms with Crippen LogP contribution in [0.4, 0.5) is 0 Å². The van der Waals surface area contributed by atoms with Crippen molar-refractivity contribution in [2.75, 3.05) is 26.2 Å². The number of fused-ring (bicyclic) bond motifs is 2. The van der Waals surface area contributed by atoms with Crippen LogP contribution in [0.1, 0.15) is 24.0 Å². The number of piperidine rings is 1. The molecule has 2 heterocycles. The van der Waals surface area contributed by atoms with Gasteiger partial charge < -0.3 is 14.7 Å². The molecule has 124 valence electrons. The minimum absolute atomic E-state index is 0.223. The highest BCUT2D eigenvalue weighted by Gasteiger charge is 2.26. The summed E-state index contributed by atoms with van der Waals surface area (Å²) in [6.45, 7) is 2.95. The summed E-state index contributed by atoms with van der Waals surface area (Å²) in [5.41, 5.74) is 4.96. The van der Waals surface area contributed by atoms with Crippen LogP contribution in [0.5, 0.6) is 11.5 Å². The maximum absolute atomic E-state index is 9.14. The molecule has 0 aromatic heterocycles. The van der Waals surface area contributed by atoms with E-state index >= 15 is 0 Å². The SMILES string of the molecule is OCCN1CCC(=C2c3ccccc3Oc3ccc(Cl)cc32)CC1. The van der Waals surface area contributed by atoms with Gasteiger partial charge in [0.05, 0.1) is 6.61 Å². The van der Waals surface area contributed by atoms with E-state index in [1.54, 1.807) is 0 Å². The number of ether oxygens (including phenoxy) is 1. The van der Waals surface area contributed by atoms with Gasteiger partial charge in [-0.2, -0.15) is 0 Å². The van der Waals surface area contributed by atoms with Crippen LogP contribution in [-0.2, 0) is 0 Å². The molecular weight excluding hydrogens is 322 g/mol. The summed E-state index contributed by atoms with van der Waals surface area (Å²) < 4.78 is 6.08. The first-order chi connectivity index (χ1) is 11.8. The number of aliphatic hydroxyl groups is 1. The fraction of sp³-hybridized carbons (Fsp3) is 0.300. The normalized spacial score (nSPS) is 17.2. The molecule has 2 aliphatic rings. The summed E-state index contributed by atoms with van der Waals surface area (Å²) in [4.78, 5) is 2.31. The second-order valence-corrected chi connectivity index (χ2v) is 6.72. The lowest BCUT2D eigenvalue weighted by atomic mass is 9.86. The molecule has 0 spiro atoms. The molecule has 4 heteroatoms. The third-order valence-electron chi connectivity index (χ3n) is 4.82. The molecule has 0 amide bonds. The Balaban J connectivity index is 1.80. The van der Waals surface area contributed by atoms with Gasteiger partial charge in [-0.3, -0.25) is 0 Å². The minimum Gasteiger partial charge on any atom is -0.456 e. The van der Waals surface area contributed by atoms with Gasteiger partial charge in [-0.1, -0.05) is 35.4 Å². The van der Waals surface area contributed by atoms with Crippen molar-refractivity contribution in [3.05, 3.63) is 64.2 Å². The van der Waals surface area contributed by atoms with Gasteiger partial charge in [0.25, 0.3) is 0 Å². The van der Waals surface area contributed by atoms with E-state index in [1.165, 1.54) is 11.1 Å². The molecule has 0 bridgehead atoms. The first kappa shape index (κ1) is 15.7. The molecule has 2 aliphatic heterocycles. The Morgan fingerprint density at radius 3 is 2.54 bits per heavy atom. The Hall–Kier alpha value is -1.81. The molecule has 0 atom stereocenters. The second kappa shape index (κ2) is 6.60. The highest BCUT2D eigenvalue weighted by atomic mass is 35.5. The summed E-state index contributed by atoms with van der Waals surface area (Å²) in [7, 11) is 0. The van der Waals surface area contributed by atoms with Crippen LogP contribution >= 0.6 is 11.6 Å². The Morgan fingerprint density at radius 2 is 1.75 bits per heavy atom. The highest BCUT2D eigenvalue weighted by Crippen LogP contribution is 2.47. The lowest BCUT2D eigenvalue weighted by Gasteiger charge is -2.31. The predicted molar refractivity (Wildman–Crippen MR) is 96.7 cm³/mol. The summed E-state index contributed by atoms with van der Waals surface area (Å²) >= 11 is 6.26. The molecule has 3 nitrogen and oxygen atoms in total. The molecule has 0 unspecified atom stereocenters. The van der Waals surface area contributed by atoms with E-state index in [0.717, 1.165) is 60.1 Å². The van der Waals surface area contributed by atoms with E-state index in [4.69, 9.17) is 21.4 Å². The first-order valence-electron chi connectivity index (χ1n) is 8.38. The summed E-state index contributed by atoms with van der Waals surface area (Å²) in [6.07, 6.45) is 2.02. The number of halogens is 1. The summed E-state index contributed by atoms with van der Waals surface area (Å²) in [6, 6.07) is 14.0. The molecule has 2 aromatic rings. The third-order valence-corrected chi connectivity index (χ3v) is 5.05. The average molecular weight is 342 g/mol. The van der Waals surface area contributed by atoms with Crippen molar-refractivity contribution >= 4 is 17.2 Å². The van der Waals surface area contributed by atoms with Crippen LogP contribution in [0.2, 0.25) is 5.02 Å². The fourth-order valence-corrected chi connectivity index (χ4v) is 3.80. The van der Waals surface area contributed by atoms with Crippen molar-refractivity contribution in [3.63, 3.8) is 0 Å². The van der Waals surface area contributed by atoms with Crippen LogP contribution in [0, 0.1) is 0 Å². The second-order valence-electron chi connectivity index (χ2n) is 6.28. The molecule has 2 aromatic carbocycles. The van der Waals surface area contributed by atoms with E-state index in [-0.39, 0.29) is 6.61 Å². The Kier molecular flexibility index (Phi) is 4.31. The van der Waals surface area contributed by atoms with Crippen LogP contribution in [0.3, 0.4) is 0 Å². The van der Waals surface area contributed by atoms with Crippen LogP contribution in [0.25, 0.3) is 5.57 Å². The topological polar surface area (TPSA) is 32.7 Å². The summed E-state index contributed by atoms with van der Waals surface area (Å²) in [5, 5.41) is 9.87. The van der Waals surface area contributed by atoms with Crippen molar-refractivity contribution in [1.82, 2.24) is 4.90 Å². The van der Waals surface area contributed by atoms with Crippen molar-refractivity contribution in [2.45, 2.75) is 12.8 Å². The zero-order valence-electron chi connectivity index (χ0n) is 13.5. The molecule has 1 fully saturated rings. The Bertz CT molecular complexity index is 790. The number of rotatable bonds is 2. The number of likely N-dealkylation sites (tertiary alicyclic amines) is 1. The minimum atomic E-state index is 0.223. The highest BCUT2D eigenvalue weighted by molar-refractivity contribution is 6.30. The number of aliphatic hydroxyl groups excluding tert-OH is 1. The maximum atomic E-state index is 9.14. The standard InChI is InChI=1S/C20H20ClNO2/c21-15-5-6-19-17(13-15)20(16-3-1-2-4-18(16)24-19)14-7-9-22(10-8-14)11-12-23/h1-6,13,23H,7-12H2. The van der Waals surface area contributed by atoms with Gasteiger partial charge in [-0.05, 0) is 42.7 Å². The Labute approximate surface area is 147 Å². The van der Waals surface area contributed by atoms with Gasteiger partial charge in [0.15, 0.2) is 0 Å². The van der Waals surface area contributed by atoms with Crippen molar-refractivity contribution in [2.24, 2.45) is 0 Å². The van der Waals surface area contributed by atoms with Crippen molar-refractivity contribution < 1.29 is 9.84 Å². The van der Waals surface area contributed by atoms with E-state index in [0.29, 0.717) is 0 Å². The summed E-state index contributed by atoms with van der Waals surface area (Å²) in [5.74, 6) is 1.78. The zero-order chi connectivity index (χ0) is 16.5. The van der Waals surface area contributed by atoms with E-state index in [1.807, 2.05) is 30.3 Å². The third kappa shape index (κ3) is 2.84. The molecule has 0 radical (unpaired) electrons. The molecule has 24 heavy (non-hydrogen) atoms. The van der Waals surface area contributed by atoms with Crippen LogP contribution < -0.4 is 4.74 Å². The van der Waals surface area contributed by atoms with Gasteiger partial charge in [0, 0.05) is 35.8 Å². The fourth-order valence-electron chi connectivity index (χ4n) is 3.63. The largest absolute Gasteiger partial charge is 0.456 e. The monoisotopic (exact) mass is 341 g/mol. The average Bonchev–Trinajstić information content (AvgIpc) is 2.61. The van der Waals surface area contributed by atoms with Crippen molar-refractivity contribution in [1.29, 1.82) is 0 Å². The predicted octanol–water partition coefficient (Wildman–Crippen LogP) is 4.34. The number of β-amino-alcohol motifs (C(OH)–C–C–N with tert-alkyl or cyclic N) is 1. The number of hydrogen-bond acceptors (Lipinski definition) is 3. The number of hydrogen-bond donors (Lipinski definition) is 1. The van der Waals surface area contributed by atoms with E-state index in [9.17, 15) is 0 Å². The van der Waals surface area contributed by atoms with Gasteiger partial charge in [-0.25, -0.2) is 0 Å². The molecule has 0 saturated carbocycles. The lowest BCUT2D eigenvalue weighted by molar-refractivity contribution is 0.187. The molecular formula is C20H20ClNO2. The van der Waals surface area contributed by atoms with Gasteiger partial charge in [0.2, 0.25) is 0 Å². The first-order valence-corrected chi connectivity index (χ1v) is 8.76. The van der Waals surface area contributed by atoms with E-state index < -0.39 is 0 Å². The number of nitrogens with zero attached hydrogens (tertiary/aromatic N) is 1. The maximum Gasteiger partial charge on any atom is 0.135 e. The van der Waals surface area contributed by atoms with Crippen molar-refractivity contribution in [3.8, 4) is 11.5 Å². The number of para-hydroxylation sites is 1. The molecule has 1 saturated heterocycles. The quantitative estimate of drug-likeness (QED) is 0.752. The zero-order valence-corrected chi connectivity index (χ0v) is 14.2. The molecule has 4 rings (SSSR count). The Morgan fingerprint density at radius 1 is 1.00 bits per heavy atom. The van der Waals surface area contributed by atoms with Crippen LogP contribution in [-0.4, -0.2) is 36.2 Å². The number of benzene rings is 2. The molecule has 1 N–H and O–H groups in total. The van der Waals surface area contributed by atoms with Gasteiger partial charge >= 0.3 is 0 Å². The smallest absolute Gasteiger partial charge is 0.135 e. The lowest BCUT2D eigenvalue weighted by Crippen LogP contribution is -2.33. The molecule has 0 aliphatic carbocycles.